The highest BCUT2D eigenvalue weighted by Crippen LogP contribution is 2.37. The minimum absolute atomic E-state index is 0.181. The van der Waals surface area contributed by atoms with Gasteiger partial charge < -0.3 is 29.9 Å². The van der Waals surface area contributed by atoms with Gasteiger partial charge in [0.15, 0.2) is 23.0 Å². The molecule has 4 rings (SSSR count). The zero-order valence-corrected chi connectivity index (χ0v) is 19.6. The monoisotopic (exact) mass is 484 g/mol. The minimum atomic E-state index is -0.304. The summed E-state index contributed by atoms with van der Waals surface area (Å²) in [4.78, 5) is 8.86. The summed E-state index contributed by atoms with van der Waals surface area (Å²) in [7, 11) is 2.83. The van der Waals surface area contributed by atoms with Gasteiger partial charge in [0.25, 0.3) is 0 Å². The number of aromatic hydroxyl groups is 4. The van der Waals surface area contributed by atoms with Crippen LogP contribution in [0.1, 0.15) is 22.3 Å². The number of phenols is 4. The molecule has 2 aromatic heterocycles. The number of pyridine rings is 2. The molecular formula is C28H24N2O6. The second kappa shape index (κ2) is 10.5. The molecule has 182 valence electrons. The lowest BCUT2D eigenvalue weighted by Gasteiger charge is -2.07. The molecule has 0 amide bonds. The zero-order valence-electron chi connectivity index (χ0n) is 19.6. The van der Waals surface area contributed by atoms with Crippen LogP contribution in [0, 0.1) is 0 Å². The van der Waals surface area contributed by atoms with E-state index in [4.69, 9.17) is 9.47 Å². The van der Waals surface area contributed by atoms with Crippen molar-refractivity contribution >= 4 is 24.3 Å². The Bertz CT molecular complexity index is 1350. The van der Waals surface area contributed by atoms with Gasteiger partial charge in [-0.2, -0.15) is 0 Å². The van der Waals surface area contributed by atoms with Gasteiger partial charge in [0.2, 0.25) is 11.5 Å². The fraction of sp³-hybridized carbons (Fsp3) is 0.0714. The van der Waals surface area contributed by atoms with Crippen molar-refractivity contribution in [3.8, 4) is 45.9 Å². The van der Waals surface area contributed by atoms with Crippen molar-refractivity contribution in [1.82, 2.24) is 9.97 Å². The second-order valence-electron chi connectivity index (χ2n) is 7.80. The molecule has 36 heavy (non-hydrogen) atoms. The summed E-state index contributed by atoms with van der Waals surface area (Å²) >= 11 is 0. The maximum absolute atomic E-state index is 9.88. The van der Waals surface area contributed by atoms with Gasteiger partial charge >= 0.3 is 0 Å². The third kappa shape index (κ3) is 5.39. The molecule has 0 fully saturated rings. The highest BCUT2D eigenvalue weighted by Gasteiger charge is 2.09. The molecule has 0 saturated heterocycles. The van der Waals surface area contributed by atoms with E-state index in [9.17, 15) is 20.4 Å². The molecule has 0 atom stereocenters. The smallest absolute Gasteiger partial charge is 0.200 e. The van der Waals surface area contributed by atoms with Crippen LogP contribution >= 0.6 is 0 Å². The average molecular weight is 485 g/mol. The number of hydrogen-bond acceptors (Lipinski definition) is 8. The van der Waals surface area contributed by atoms with Crippen molar-refractivity contribution in [3.05, 3.63) is 83.2 Å². The van der Waals surface area contributed by atoms with Crippen LogP contribution in [0.25, 0.3) is 35.7 Å². The first-order chi connectivity index (χ1) is 17.4. The maximum Gasteiger partial charge on any atom is 0.200 e. The number of rotatable bonds is 7. The van der Waals surface area contributed by atoms with Gasteiger partial charge in [0.05, 0.1) is 25.6 Å². The Morgan fingerprint density at radius 3 is 1.33 bits per heavy atom. The zero-order chi connectivity index (χ0) is 25.7. The molecule has 4 aromatic rings. The molecule has 8 nitrogen and oxygen atoms in total. The van der Waals surface area contributed by atoms with E-state index in [2.05, 4.69) is 9.97 Å². The van der Waals surface area contributed by atoms with E-state index >= 15 is 0 Å². The van der Waals surface area contributed by atoms with Crippen molar-refractivity contribution in [1.29, 1.82) is 0 Å². The molecule has 0 spiro atoms. The van der Waals surface area contributed by atoms with Gasteiger partial charge in [-0.25, -0.2) is 0 Å². The Morgan fingerprint density at radius 2 is 0.944 bits per heavy atom. The Balaban J connectivity index is 1.57. The van der Waals surface area contributed by atoms with Crippen LogP contribution in [0.3, 0.4) is 0 Å². The minimum Gasteiger partial charge on any atom is -0.504 e. The normalized spacial score (nSPS) is 11.3. The number of hydrogen-bond donors (Lipinski definition) is 4. The Labute approximate surface area is 207 Å². The lowest BCUT2D eigenvalue weighted by Crippen LogP contribution is -1.89. The van der Waals surface area contributed by atoms with Gasteiger partial charge in [-0.1, -0.05) is 24.3 Å². The lowest BCUT2D eigenvalue weighted by molar-refractivity contribution is 0.351. The summed E-state index contributed by atoms with van der Waals surface area (Å²) in [5.41, 5.74) is 4.37. The van der Waals surface area contributed by atoms with Crippen LogP contribution in [-0.4, -0.2) is 44.6 Å². The number of ether oxygens (including phenoxy) is 2. The fourth-order valence-electron chi connectivity index (χ4n) is 3.50. The molecule has 0 aliphatic heterocycles. The molecule has 0 bridgehead atoms. The summed E-state index contributed by atoms with van der Waals surface area (Å²) in [5, 5.41) is 39.3. The topological polar surface area (TPSA) is 125 Å². The van der Waals surface area contributed by atoms with E-state index in [0.29, 0.717) is 22.5 Å². The maximum atomic E-state index is 9.88. The van der Waals surface area contributed by atoms with Crippen LogP contribution in [0.4, 0.5) is 0 Å². The Morgan fingerprint density at radius 1 is 0.556 bits per heavy atom. The summed E-state index contributed by atoms with van der Waals surface area (Å²) in [5.74, 6) is -0.775. The van der Waals surface area contributed by atoms with Crippen LogP contribution in [0.5, 0.6) is 34.5 Å². The quantitative estimate of drug-likeness (QED) is 0.260. The molecule has 0 unspecified atom stereocenters. The van der Waals surface area contributed by atoms with E-state index in [1.54, 1.807) is 36.7 Å². The highest BCUT2D eigenvalue weighted by atomic mass is 16.5. The standard InChI is InChI=1S/C28H24N2O6/c1-35-25-15-19(13-23(31)27(25)33)5-3-17-7-9-29-21(11-17)22-12-18(8-10-30-22)4-6-20-14-24(32)28(34)26(16-20)36-2/h3-16,31-34H,1-2H3/b5-3+,6-4+. The van der Waals surface area contributed by atoms with Gasteiger partial charge in [-0.15, -0.1) is 0 Å². The predicted molar refractivity (Wildman–Crippen MR) is 138 cm³/mol. The van der Waals surface area contributed by atoms with Crippen LogP contribution < -0.4 is 9.47 Å². The van der Waals surface area contributed by atoms with E-state index < -0.39 is 0 Å². The molecule has 0 aliphatic rings. The van der Waals surface area contributed by atoms with Crippen molar-refractivity contribution < 1.29 is 29.9 Å². The fourth-order valence-corrected chi connectivity index (χ4v) is 3.50. The van der Waals surface area contributed by atoms with E-state index in [0.717, 1.165) is 11.1 Å². The SMILES string of the molecule is COc1cc(/C=C/c2ccnc(-c3cc(/C=C/c4cc(O)c(O)c(OC)c4)ccn3)c2)cc(O)c1O. The summed E-state index contributed by atoms with van der Waals surface area (Å²) in [6.45, 7) is 0. The van der Waals surface area contributed by atoms with Crippen LogP contribution in [0.2, 0.25) is 0 Å². The Kier molecular flexibility index (Phi) is 7.06. The molecular weight excluding hydrogens is 460 g/mol. The van der Waals surface area contributed by atoms with Crippen molar-refractivity contribution in [2.45, 2.75) is 0 Å². The predicted octanol–water partition coefficient (Wildman–Crippen LogP) is 5.32. The number of methoxy groups -OCH3 is 2. The van der Waals surface area contributed by atoms with Crippen LogP contribution in [0.15, 0.2) is 60.9 Å². The number of phenolic OH excluding ortho intramolecular Hbond substituents is 4. The molecule has 4 N–H and O–H groups in total. The van der Waals surface area contributed by atoms with Gasteiger partial charge in [0, 0.05) is 12.4 Å². The number of benzene rings is 2. The van der Waals surface area contributed by atoms with E-state index in [1.807, 2.05) is 36.4 Å². The van der Waals surface area contributed by atoms with Crippen molar-refractivity contribution in [2.75, 3.05) is 14.2 Å². The van der Waals surface area contributed by atoms with Gasteiger partial charge in [0.1, 0.15) is 0 Å². The first kappa shape index (κ1) is 24.2. The highest BCUT2D eigenvalue weighted by molar-refractivity contribution is 5.76. The van der Waals surface area contributed by atoms with Crippen LogP contribution in [-0.2, 0) is 0 Å². The first-order valence-corrected chi connectivity index (χ1v) is 10.9. The molecule has 8 heteroatoms. The average Bonchev–Trinajstić information content (AvgIpc) is 2.90. The largest absolute Gasteiger partial charge is 0.504 e. The van der Waals surface area contributed by atoms with Gasteiger partial charge in [-0.05, 0) is 70.8 Å². The first-order valence-electron chi connectivity index (χ1n) is 10.9. The van der Waals surface area contributed by atoms with E-state index in [1.165, 1.54) is 26.4 Å². The summed E-state index contributed by atoms with van der Waals surface area (Å²) < 4.78 is 10.2. The molecule has 0 saturated carbocycles. The van der Waals surface area contributed by atoms with Gasteiger partial charge in [-0.3, -0.25) is 9.97 Å². The molecule has 0 radical (unpaired) electrons. The van der Waals surface area contributed by atoms with E-state index in [-0.39, 0.29) is 34.5 Å². The lowest BCUT2D eigenvalue weighted by atomic mass is 10.1. The summed E-state index contributed by atoms with van der Waals surface area (Å²) in [6, 6.07) is 13.6. The third-order valence-electron chi connectivity index (χ3n) is 5.36. The molecule has 0 aliphatic carbocycles. The summed E-state index contributed by atoms with van der Waals surface area (Å²) in [6.07, 6.45) is 10.6. The number of aromatic nitrogens is 2. The second-order valence-corrected chi connectivity index (χ2v) is 7.80. The molecule has 2 heterocycles. The third-order valence-corrected chi connectivity index (χ3v) is 5.36. The molecule has 2 aromatic carbocycles. The van der Waals surface area contributed by atoms with Crippen molar-refractivity contribution in [2.24, 2.45) is 0 Å². The number of nitrogens with zero attached hydrogens (tertiary/aromatic N) is 2. The Hall–Kier alpha value is -4.98. The van der Waals surface area contributed by atoms with Crippen molar-refractivity contribution in [3.63, 3.8) is 0 Å².